The van der Waals surface area contributed by atoms with Gasteiger partial charge in [0.25, 0.3) is 0 Å². The number of amides is 3. The molecule has 0 saturated heterocycles. The lowest BCUT2D eigenvalue weighted by atomic mass is 10.0. The number of likely N-dealkylation sites (N-methyl/N-ethyl adjacent to an activating group) is 1. The highest BCUT2D eigenvalue weighted by Crippen LogP contribution is 2.29. The molecule has 3 N–H and O–H groups in total. The van der Waals surface area contributed by atoms with Crippen LogP contribution in [-0.2, 0) is 21.2 Å². The monoisotopic (exact) mass is 536 g/mol. The van der Waals surface area contributed by atoms with Gasteiger partial charge in [-0.15, -0.1) is 0 Å². The number of carbonyl (C=O) groups is 2. The number of nitrogens with one attached hydrogen (secondary N) is 2. The van der Waals surface area contributed by atoms with E-state index in [0.29, 0.717) is 22.7 Å². The average molecular weight is 537 g/mol. The van der Waals surface area contributed by atoms with E-state index < -0.39 is 34.0 Å². The number of carbonyl (C=O) groups excluding carboxylic acids is 2. The molecule has 0 bridgehead atoms. The number of sulfonamides is 1. The van der Waals surface area contributed by atoms with Crippen molar-refractivity contribution in [2.45, 2.75) is 32.4 Å². The van der Waals surface area contributed by atoms with Crippen molar-refractivity contribution in [3.8, 4) is 5.75 Å². The van der Waals surface area contributed by atoms with E-state index in [2.05, 4.69) is 10.0 Å². The number of benzene rings is 2. The summed E-state index contributed by atoms with van der Waals surface area (Å²) in [6, 6.07) is 9.22. The van der Waals surface area contributed by atoms with Crippen LogP contribution in [0, 0.1) is 11.7 Å². The van der Waals surface area contributed by atoms with Crippen LogP contribution in [0.3, 0.4) is 0 Å². The van der Waals surface area contributed by atoms with Gasteiger partial charge >= 0.3 is 6.03 Å². The zero-order chi connectivity index (χ0) is 27.3. The number of aliphatic hydroxyl groups excluding tert-OH is 1. The molecule has 0 radical (unpaired) electrons. The number of fused-ring (bicyclic) bond motifs is 1. The van der Waals surface area contributed by atoms with E-state index in [9.17, 15) is 27.5 Å². The third kappa shape index (κ3) is 7.80. The molecule has 0 fully saturated rings. The number of hydrogen-bond donors (Lipinski definition) is 3. The Hall–Kier alpha value is -3.38. The molecule has 10 nitrogen and oxygen atoms in total. The Bertz CT molecular complexity index is 1220. The molecular formula is C25H33FN4O6S. The van der Waals surface area contributed by atoms with E-state index in [4.69, 9.17) is 4.74 Å². The summed E-state index contributed by atoms with van der Waals surface area (Å²) in [6.45, 7) is 3.84. The number of aliphatic hydroxyl groups is 1. The molecule has 12 heteroatoms. The van der Waals surface area contributed by atoms with Gasteiger partial charge < -0.3 is 25.0 Å². The van der Waals surface area contributed by atoms with Gasteiger partial charge in [-0.25, -0.2) is 17.6 Å². The fourth-order valence-corrected chi connectivity index (χ4v) is 4.59. The summed E-state index contributed by atoms with van der Waals surface area (Å²) in [5, 5.41) is 12.5. The number of anilines is 2. The Balaban J connectivity index is 1.89. The van der Waals surface area contributed by atoms with Crippen molar-refractivity contribution < 1.29 is 32.2 Å². The molecule has 1 aliphatic rings. The number of ether oxygens (including phenoxy) is 1. The molecule has 1 heterocycles. The summed E-state index contributed by atoms with van der Waals surface area (Å²) in [7, 11) is -1.94. The average Bonchev–Trinajstić information content (AvgIpc) is 2.87. The Labute approximate surface area is 216 Å². The maximum absolute atomic E-state index is 13.2. The van der Waals surface area contributed by atoms with Gasteiger partial charge in [-0.05, 0) is 49.4 Å². The fourth-order valence-electron chi connectivity index (χ4n) is 4.03. The Kier molecular flexibility index (Phi) is 8.98. The van der Waals surface area contributed by atoms with E-state index in [1.807, 2.05) is 6.92 Å². The maximum atomic E-state index is 13.2. The summed E-state index contributed by atoms with van der Waals surface area (Å²) >= 11 is 0. The number of nitrogens with zero attached hydrogens (tertiary/aromatic N) is 2. The summed E-state index contributed by atoms with van der Waals surface area (Å²) in [5.41, 5.74) is 1.21. The van der Waals surface area contributed by atoms with Crippen LogP contribution < -0.4 is 14.8 Å². The van der Waals surface area contributed by atoms with Crippen molar-refractivity contribution in [1.82, 2.24) is 9.80 Å². The van der Waals surface area contributed by atoms with Crippen molar-refractivity contribution in [2.24, 2.45) is 5.92 Å². The normalized spacial score (nSPS) is 19.0. The number of hydrogen-bond acceptors (Lipinski definition) is 6. The molecule has 0 saturated carbocycles. The quantitative estimate of drug-likeness (QED) is 0.499. The first kappa shape index (κ1) is 28.2. The zero-order valence-electron chi connectivity index (χ0n) is 21.3. The van der Waals surface area contributed by atoms with Crippen LogP contribution in [0.2, 0.25) is 0 Å². The van der Waals surface area contributed by atoms with Crippen molar-refractivity contribution >= 4 is 33.3 Å². The molecule has 0 aliphatic carbocycles. The van der Waals surface area contributed by atoms with Crippen molar-refractivity contribution in [3.05, 3.63) is 53.8 Å². The van der Waals surface area contributed by atoms with Crippen LogP contribution >= 0.6 is 0 Å². The standard InChI is InChI=1S/C25H33FN4O6S/c1-16-13-30(17(2)15-31)24(32)12-18-11-21(28-37(4,34)35)9-10-22(18)36-23(16)14-29(3)25(33)27-20-7-5-19(26)6-8-20/h5-11,16-17,23,28,31H,12-15H2,1-4H3,(H,27,33)/t16-,17+,23+/m0/s1. The second-order valence-electron chi connectivity index (χ2n) is 9.40. The van der Waals surface area contributed by atoms with Gasteiger partial charge in [0.1, 0.15) is 17.7 Å². The smallest absolute Gasteiger partial charge is 0.321 e. The SMILES string of the molecule is C[C@H](CO)N1C[C@H](C)[C@@H](CN(C)C(=O)Nc2ccc(F)cc2)Oc2ccc(NS(C)(=O)=O)cc2CC1=O. The van der Waals surface area contributed by atoms with E-state index in [0.717, 1.165) is 6.26 Å². The van der Waals surface area contributed by atoms with Gasteiger partial charge in [-0.1, -0.05) is 6.92 Å². The Morgan fingerprint density at radius 1 is 1.24 bits per heavy atom. The predicted octanol–water partition coefficient (Wildman–Crippen LogP) is 2.51. The molecule has 3 amide bonds. The van der Waals surface area contributed by atoms with Gasteiger partial charge in [0.2, 0.25) is 15.9 Å². The maximum Gasteiger partial charge on any atom is 0.321 e. The highest BCUT2D eigenvalue weighted by Gasteiger charge is 2.32. The van der Waals surface area contributed by atoms with Crippen molar-refractivity contribution in [2.75, 3.05) is 43.0 Å². The number of halogens is 1. The van der Waals surface area contributed by atoms with Crippen LogP contribution in [0.15, 0.2) is 42.5 Å². The van der Waals surface area contributed by atoms with E-state index in [-0.39, 0.29) is 37.9 Å². The largest absolute Gasteiger partial charge is 0.488 e. The molecule has 2 aromatic carbocycles. The van der Waals surface area contributed by atoms with Crippen molar-refractivity contribution in [1.29, 1.82) is 0 Å². The minimum absolute atomic E-state index is 0.0563. The minimum atomic E-state index is -3.53. The lowest BCUT2D eigenvalue weighted by molar-refractivity contribution is -0.134. The molecule has 2 aromatic rings. The van der Waals surface area contributed by atoms with Crippen LogP contribution in [0.5, 0.6) is 5.75 Å². The second kappa shape index (κ2) is 11.8. The van der Waals surface area contributed by atoms with Crippen LogP contribution in [0.25, 0.3) is 0 Å². The second-order valence-corrected chi connectivity index (χ2v) is 11.2. The fraction of sp³-hybridized carbons (Fsp3) is 0.440. The third-order valence-corrected chi connectivity index (χ3v) is 6.72. The van der Waals surface area contributed by atoms with E-state index in [1.54, 1.807) is 37.1 Å². The van der Waals surface area contributed by atoms with Crippen LogP contribution in [0.4, 0.5) is 20.6 Å². The van der Waals surface area contributed by atoms with Gasteiger partial charge in [0, 0.05) is 36.4 Å². The minimum Gasteiger partial charge on any atom is -0.488 e. The Morgan fingerprint density at radius 2 is 1.89 bits per heavy atom. The summed E-state index contributed by atoms with van der Waals surface area (Å²) in [4.78, 5) is 29.0. The first-order valence-electron chi connectivity index (χ1n) is 11.8. The first-order chi connectivity index (χ1) is 17.4. The van der Waals surface area contributed by atoms with Gasteiger partial charge in [-0.3, -0.25) is 9.52 Å². The van der Waals surface area contributed by atoms with Gasteiger partial charge in [0.05, 0.1) is 31.9 Å². The van der Waals surface area contributed by atoms with E-state index in [1.165, 1.54) is 29.2 Å². The predicted molar refractivity (Wildman–Crippen MR) is 139 cm³/mol. The summed E-state index contributed by atoms with van der Waals surface area (Å²) in [6.07, 6.45) is 0.431. The van der Waals surface area contributed by atoms with Gasteiger partial charge in [-0.2, -0.15) is 0 Å². The van der Waals surface area contributed by atoms with Gasteiger partial charge in [0.15, 0.2) is 0 Å². The van der Waals surface area contributed by atoms with Crippen molar-refractivity contribution in [3.63, 3.8) is 0 Å². The molecular weight excluding hydrogens is 503 g/mol. The summed E-state index contributed by atoms with van der Waals surface area (Å²) < 4.78 is 45.3. The molecule has 0 unspecified atom stereocenters. The number of urea groups is 1. The topological polar surface area (TPSA) is 128 Å². The highest BCUT2D eigenvalue weighted by atomic mass is 32.2. The van der Waals surface area contributed by atoms with Crippen LogP contribution in [0.1, 0.15) is 19.4 Å². The third-order valence-electron chi connectivity index (χ3n) is 6.12. The number of rotatable bonds is 7. The molecule has 3 rings (SSSR count). The molecule has 1 aliphatic heterocycles. The molecule has 0 aromatic heterocycles. The van der Waals surface area contributed by atoms with E-state index >= 15 is 0 Å². The zero-order valence-corrected chi connectivity index (χ0v) is 22.1. The lowest BCUT2D eigenvalue weighted by Crippen LogP contribution is -2.48. The molecule has 0 spiro atoms. The molecule has 37 heavy (non-hydrogen) atoms. The lowest BCUT2D eigenvalue weighted by Gasteiger charge is -2.34. The summed E-state index contributed by atoms with van der Waals surface area (Å²) in [5.74, 6) is -0.490. The highest BCUT2D eigenvalue weighted by molar-refractivity contribution is 7.92. The molecule has 202 valence electrons. The first-order valence-corrected chi connectivity index (χ1v) is 13.7. The molecule has 3 atom stereocenters. The van der Waals surface area contributed by atoms with Crippen LogP contribution in [-0.4, -0.2) is 80.4 Å². The Morgan fingerprint density at radius 3 is 2.51 bits per heavy atom.